The van der Waals surface area contributed by atoms with Crippen LogP contribution in [0.1, 0.15) is 19.4 Å². The number of benzene rings is 1. The van der Waals surface area contributed by atoms with Gasteiger partial charge in [-0.15, -0.1) is 0 Å². The highest BCUT2D eigenvalue weighted by Gasteiger charge is 2.03. The van der Waals surface area contributed by atoms with Crippen LogP contribution in [0.3, 0.4) is 0 Å². The second kappa shape index (κ2) is 13.3. The maximum Gasteiger partial charge on any atom is 0.281 e. The molecular weight excluding hydrogens is 318 g/mol. The van der Waals surface area contributed by atoms with Crippen molar-refractivity contribution in [2.75, 3.05) is 20.8 Å². The summed E-state index contributed by atoms with van der Waals surface area (Å²) in [6, 6.07) is 4.90. The van der Waals surface area contributed by atoms with E-state index < -0.39 is 0 Å². The van der Waals surface area contributed by atoms with E-state index in [1.54, 1.807) is 12.1 Å². The van der Waals surface area contributed by atoms with Crippen molar-refractivity contribution in [3.05, 3.63) is 34.1 Å². The molecule has 2 N–H and O–H groups in total. The van der Waals surface area contributed by atoms with Crippen LogP contribution in [-0.4, -0.2) is 26.9 Å². The van der Waals surface area contributed by atoms with Crippen molar-refractivity contribution in [1.29, 1.82) is 0 Å². The van der Waals surface area contributed by atoms with E-state index in [1.807, 2.05) is 13.8 Å². The summed E-state index contributed by atoms with van der Waals surface area (Å²) < 4.78 is 28.6. The molecule has 0 heterocycles. The standard InChI is InChI=1S/C10H12BrFN2O.C2H6.CH3F/c1-14-10(13)15-5-4-7-6-8(11)2-3-9(7)12;2*1-2/h2-3,6H,4-5H2,1H3,(H2,13,14);1-2H3;1H3. The molecule has 110 valence electrons. The molecule has 1 aromatic rings. The van der Waals surface area contributed by atoms with Gasteiger partial charge < -0.3 is 10.5 Å². The average Bonchev–Trinajstić information content (AvgIpc) is 2.46. The third-order valence-corrected chi connectivity index (χ3v) is 2.34. The molecule has 0 bridgehead atoms. The number of hydrogen-bond donors (Lipinski definition) is 1. The third kappa shape index (κ3) is 9.41. The van der Waals surface area contributed by atoms with Crippen LogP contribution in [0.2, 0.25) is 0 Å². The number of alkyl halides is 1. The first kappa shape index (κ1) is 20.2. The van der Waals surface area contributed by atoms with Gasteiger partial charge in [0.2, 0.25) is 0 Å². The van der Waals surface area contributed by atoms with Gasteiger partial charge in [-0.1, -0.05) is 29.8 Å². The number of nitrogens with zero attached hydrogens (tertiary/aromatic N) is 1. The fourth-order valence-corrected chi connectivity index (χ4v) is 1.47. The molecule has 0 aromatic heterocycles. The predicted octanol–water partition coefficient (Wildman–Crippen LogP) is 3.70. The third-order valence-electron chi connectivity index (χ3n) is 1.85. The Morgan fingerprint density at radius 2 is 1.95 bits per heavy atom. The van der Waals surface area contributed by atoms with Crippen LogP contribution >= 0.6 is 15.9 Å². The quantitative estimate of drug-likeness (QED) is 0.674. The minimum atomic E-state index is -0.242. The maximum atomic E-state index is 13.2. The van der Waals surface area contributed by atoms with Crippen molar-refractivity contribution in [3.8, 4) is 0 Å². The molecule has 0 amide bonds. The van der Waals surface area contributed by atoms with Gasteiger partial charge >= 0.3 is 0 Å². The molecule has 0 fully saturated rings. The molecular formula is C13H21BrF2N2O. The number of aliphatic imine (C=N–C) groups is 1. The lowest BCUT2D eigenvalue weighted by molar-refractivity contribution is 0.301. The van der Waals surface area contributed by atoms with Crippen molar-refractivity contribution in [2.45, 2.75) is 20.3 Å². The zero-order valence-corrected chi connectivity index (χ0v) is 13.3. The maximum absolute atomic E-state index is 13.2. The zero-order chi connectivity index (χ0) is 15.3. The fourth-order valence-electron chi connectivity index (χ4n) is 1.07. The number of halogens is 3. The average molecular weight is 339 g/mol. The second-order valence-corrected chi connectivity index (χ2v) is 3.81. The Kier molecular flexibility index (Phi) is 14.1. The van der Waals surface area contributed by atoms with E-state index in [1.165, 1.54) is 13.1 Å². The van der Waals surface area contributed by atoms with E-state index >= 15 is 0 Å². The van der Waals surface area contributed by atoms with Crippen LogP contribution in [0.5, 0.6) is 0 Å². The summed E-state index contributed by atoms with van der Waals surface area (Å²) in [5.41, 5.74) is 5.92. The lowest BCUT2D eigenvalue weighted by atomic mass is 10.1. The first-order chi connectivity index (χ1) is 9.13. The monoisotopic (exact) mass is 338 g/mol. The van der Waals surface area contributed by atoms with E-state index in [2.05, 4.69) is 20.9 Å². The highest BCUT2D eigenvalue weighted by molar-refractivity contribution is 9.10. The van der Waals surface area contributed by atoms with E-state index in [9.17, 15) is 8.78 Å². The molecule has 1 aromatic carbocycles. The topological polar surface area (TPSA) is 47.6 Å². The Morgan fingerprint density at radius 3 is 2.47 bits per heavy atom. The lowest BCUT2D eigenvalue weighted by Crippen LogP contribution is -2.17. The molecule has 0 aliphatic carbocycles. The summed E-state index contributed by atoms with van der Waals surface area (Å²) in [5.74, 6) is -0.242. The van der Waals surface area contributed by atoms with Gasteiger partial charge in [0.25, 0.3) is 6.02 Å². The Hall–Kier alpha value is -1.17. The lowest BCUT2D eigenvalue weighted by Gasteiger charge is -2.05. The van der Waals surface area contributed by atoms with Gasteiger partial charge in [-0.05, 0) is 23.8 Å². The van der Waals surface area contributed by atoms with Crippen molar-refractivity contribution < 1.29 is 13.5 Å². The first-order valence-corrected chi connectivity index (χ1v) is 6.59. The first-order valence-electron chi connectivity index (χ1n) is 5.80. The minimum absolute atomic E-state index is 0.116. The predicted molar refractivity (Wildman–Crippen MR) is 79.7 cm³/mol. The second-order valence-electron chi connectivity index (χ2n) is 2.90. The van der Waals surface area contributed by atoms with Crippen molar-refractivity contribution in [3.63, 3.8) is 0 Å². The SMILES string of the molecule is CC.CF.CN=C(N)OCCc1cc(Br)ccc1F. The summed E-state index contributed by atoms with van der Waals surface area (Å²) >= 11 is 3.27. The van der Waals surface area contributed by atoms with Gasteiger partial charge in [0.1, 0.15) is 5.82 Å². The van der Waals surface area contributed by atoms with Crippen LogP contribution in [0.4, 0.5) is 8.78 Å². The van der Waals surface area contributed by atoms with Crippen molar-refractivity contribution in [1.82, 2.24) is 0 Å². The molecule has 1 rings (SSSR count). The van der Waals surface area contributed by atoms with Crippen LogP contribution in [-0.2, 0) is 11.2 Å². The summed E-state index contributed by atoms with van der Waals surface area (Å²) in [6.07, 6.45) is 0.460. The van der Waals surface area contributed by atoms with Crippen LogP contribution in [0.15, 0.2) is 27.7 Å². The summed E-state index contributed by atoms with van der Waals surface area (Å²) in [5, 5.41) is 0. The highest BCUT2D eigenvalue weighted by Crippen LogP contribution is 2.15. The number of hydrogen-bond acceptors (Lipinski definition) is 2. The van der Waals surface area contributed by atoms with E-state index in [0.29, 0.717) is 25.8 Å². The fraction of sp³-hybridized carbons (Fsp3) is 0.462. The number of nitrogens with two attached hydrogens (primary N) is 1. The molecule has 0 radical (unpaired) electrons. The molecule has 0 saturated heterocycles. The van der Waals surface area contributed by atoms with E-state index in [0.717, 1.165) is 4.47 Å². The number of ether oxygens (including phenoxy) is 1. The zero-order valence-electron chi connectivity index (χ0n) is 11.7. The minimum Gasteiger partial charge on any atom is -0.465 e. The van der Waals surface area contributed by atoms with Gasteiger partial charge in [-0.2, -0.15) is 0 Å². The van der Waals surface area contributed by atoms with Gasteiger partial charge in [-0.25, -0.2) is 9.38 Å². The largest absolute Gasteiger partial charge is 0.465 e. The molecule has 0 unspecified atom stereocenters. The Bertz CT molecular complexity index is 374. The number of rotatable bonds is 3. The van der Waals surface area contributed by atoms with Crippen LogP contribution in [0.25, 0.3) is 0 Å². The summed E-state index contributed by atoms with van der Waals surface area (Å²) in [7, 11) is 2.04. The molecule has 0 aliphatic rings. The molecule has 19 heavy (non-hydrogen) atoms. The van der Waals surface area contributed by atoms with Crippen LogP contribution in [0, 0.1) is 5.82 Å². The summed E-state index contributed by atoms with van der Waals surface area (Å²) in [6.45, 7) is 4.32. The van der Waals surface area contributed by atoms with Gasteiger partial charge in [0, 0.05) is 17.9 Å². The highest BCUT2D eigenvalue weighted by atomic mass is 79.9. The number of amidine groups is 1. The van der Waals surface area contributed by atoms with E-state index in [-0.39, 0.29) is 11.8 Å². The van der Waals surface area contributed by atoms with Crippen molar-refractivity contribution in [2.24, 2.45) is 10.7 Å². The van der Waals surface area contributed by atoms with Gasteiger partial charge in [0.15, 0.2) is 0 Å². The van der Waals surface area contributed by atoms with Crippen LogP contribution < -0.4 is 5.73 Å². The van der Waals surface area contributed by atoms with Crippen molar-refractivity contribution >= 4 is 22.0 Å². The normalized spacial score (nSPS) is 9.74. The molecule has 6 heteroatoms. The Labute approximate surface area is 122 Å². The molecule has 3 nitrogen and oxygen atoms in total. The molecule has 0 atom stereocenters. The van der Waals surface area contributed by atoms with Gasteiger partial charge in [0.05, 0.1) is 13.8 Å². The Balaban J connectivity index is 0. The summed E-state index contributed by atoms with van der Waals surface area (Å²) in [4.78, 5) is 3.63. The van der Waals surface area contributed by atoms with Gasteiger partial charge in [-0.3, -0.25) is 4.39 Å². The molecule has 0 spiro atoms. The Morgan fingerprint density at radius 1 is 1.37 bits per heavy atom. The van der Waals surface area contributed by atoms with E-state index in [4.69, 9.17) is 10.5 Å². The smallest absolute Gasteiger partial charge is 0.281 e. The molecule has 0 saturated carbocycles. The molecule has 0 aliphatic heterocycles.